The zero-order valence-corrected chi connectivity index (χ0v) is 8.49. The molecule has 1 aliphatic carbocycles. The van der Waals surface area contributed by atoms with Crippen LogP contribution in [0.3, 0.4) is 0 Å². The van der Waals surface area contributed by atoms with Crippen molar-refractivity contribution < 1.29 is 17.6 Å². The van der Waals surface area contributed by atoms with E-state index < -0.39 is 7.11 Å². The highest BCUT2D eigenvalue weighted by atomic mass is 127. The van der Waals surface area contributed by atoms with Crippen LogP contribution in [0.1, 0.15) is 0 Å². The molecular formula is C7H4BF2IO2. The average Bonchev–Trinajstić information content (AvgIpc) is 2.23. The summed E-state index contributed by atoms with van der Waals surface area (Å²) in [6.07, 6.45) is 6.31. The molecule has 0 fully saturated rings. The molecule has 1 heterocycles. The molecule has 0 saturated carbocycles. The minimum absolute atomic E-state index is 0.0907. The predicted molar refractivity (Wildman–Crippen MR) is 53.4 cm³/mol. The van der Waals surface area contributed by atoms with Gasteiger partial charge in [0, 0.05) is 9.66 Å². The molecule has 0 aromatic heterocycles. The van der Waals surface area contributed by atoms with Crippen LogP contribution in [0.4, 0.5) is 8.63 Å². The van der Waals surface area contributed by atoms with Crippen LogP contribution < -0.4 is 0 Å². The molecule has 2 rings (SSSR count). The summed E-state index contributed by atoms with van der Waals surface area (Å²) < 4.78 is 34.7. The Morgan fingerprint density at radius 1 is 1.31 bits per heavy atom. The summed E-state index contributed by atoms with van der Waals surface area (Å²) in [7, 11) is -4.14. The van der Waals surface area contributed by atoms with E-state index in [2.05, 4.69) is 31.6 Å². The van der Waals surface area contributed by atoms with Gasteiger partial charge >= 0.3 is 12.9 Å². The summed E-state index contributed by atoms with van der Waals surface area (Å²) in [5, 5.41) is 0. The van der Waals surface area contributed by atoms with E-state index >= 15 is 0 Å². The van der Waals surface area contributed by atoms with E-state index in [4.69, 9.17) is 0 Å². The smallest absolute Gasteiger partial charge is 0.563 e. The fourth-order valence-electron chi connectivity index (χ4n) is 1.04. The van der Waals surface area contributed by atoms with Crippen LogP contribution in [-0.4, -0.2) is 12.9 Å². The first-order valence-electron chi connectivity index (χ1n) is 3.58. The van der Waals surface area contributed by atoms with Crippen molar-refractivity contribution in [2.45, 2.75) is 0 Å². The van der Waals surface area contributed by atoms with Crippen LogP contribution in [0.15, 0.2) is 33.6 Å². The van der Waals surface area contributed by atoms with E-state index in [1.165, 1.54) is 12.2 Å². The lowest BCUT2D eigenvalue weighted by atomic mass is 10.2. The van der Waals surface area contributed by atoms with Gasteiger partial charge in [0.05, 0.1) is 0 Å². The molecule has 2 nitrogen and oxygen atoms in total. The molecule has 0 aromatic rings. The number of allylic oxidation sites excluding steroid dienone is 5. The van der Waals surface area contributed by atoms with Crippen molar-refractivity contribution in [3.05, 3.63) is 33.6 Å². The van der Waals surface area contributed by atoms with Gasteiger partial charge in [-0.3, -0.25) is 0 Å². The van der Waals surface area contributed by atoms with Crippen LogP contribution in [0.5, 0.6) is 0 Å². The molecule has 0 radical (unpaired) electrons. The van der Waals surface area contributed by atoms with Gasteiger partial charge in [-0.1, -0.05) is 0 Å². The highest BCUT2D eigenvalue weighted by Crippen LogP contribution is 2.24. The van der Waals surface area contributed by atoms with Crippen LogP contribution in [-0.2, 0) is 9.00 Å². The van der Waals surface area contributed by atoms with Crippen molar-refractivity contribution in [2.75, 3.05) is 0 Å². The van der Waals surface area contributed by atoms with Gasteiger partial charge in [-0.05, 0) is 40.8 Å². The number of hydrogen-bond acceptors (Lipinski definition) is 1. The SMILES string of the molecule is F[B-]1(F)OC2=CC=C(I)C=CC2=[O+]1. The second-order valence-corrected chi connectivity index (χ2v) is 3.80. The average molecular weight is 296 g/mol. The fourth-order valence-corrected chi connectivity index (χ4v) is 1.40. The Bertz CT molecular complexity index is 371. The van der Waals surface area contributed by atoms with Crippen LogP contribution in [0.2, 0.25) is 0 Å². The van der Waals surface area contributed by atoms with Gasteiger partial charge in [0.25, 0.3) is 0 Å². The fraction of sp³-hybridized carbons (Fsp3) is 0. The van der Waals surface area contributed by atoms with Gasteiger partial charge in [0.15, 0.2) is 5.76 Å². The van der Waals surface area contributed by atoms with Crippen molar-refractivity contribution in [2.24, 2.45) is 0 Å². The second-order valence-electron chi connectivity index (χ2n) is 2.55. The van der Waals surface area contributed by atoms with E-state index in [0.29, 0.717) is 0 Å². The van der Waals surface area contributed by atoms with E-state index in [-0.39, 0.29) is 11.5 Å². The normalized spacial score (nSPS) is 23.8. The third-order valence-electron chi connectivity index (χ3n) is 1.56. The second kappa shape index (κ2) is 2.93. The maximum absolute atomic E-state index is 12.6. The number of fused-ring (bicyclic) bond motifs is 1. The summed E-state index contributed by atoms with van der Waals surface area (Å²) in [5.74, 6) is 0.181. The van der Waals surface area contributed by atoms with Gasteiger partial charge in [0.1, 0.15) is 0 Å². The quantitative estimate of drug-likeness (QED) is 0.381. The number of rotatable bonds is 0. The van der Waals surface area contributed by atoms with E-state index in [9.17, 15) is 8.63 Å². The maximum atomic E-state index is 12.6. The third-order valence-corrected chi connectivity index (χ3v) is 2.28. The lowest BCUT2D eigenvalue weighted by Gasteiger charge is -2.00. The number of ketones is 1. The molecule has 6 heteroatoms. The summed E-state index contributed by atoms with van der Waals surface area (Å²) in [6, 6.07) is 0. The van der Waals surface area contributed by atoms with E-state index in [1.807, 2.05) is 0 Å². The molecule has 0 saturated heterocycles. The minimum Gasteiger partial charge on any atom is -0.563 e. The van der Waals surface area contributed by atoms with Gasteiger partial charge in [-0.25, -0.2) is 0 Å². The molecule has 13 heavy (non-hydrogen) atoms. The maximum Gasteiger partial charge on any atom is 0.995 e. The minimum atomic E-state index is -4.14. The van der Waals surface area contributed by atoms with Gasteiger partial charge in [-0.15, -0.1) is 0 Å². The molecule has 0 aromatic carbocycles. The molecular weight excluding hydrogens is 292 g/mol. The number of carbonyl (C=O) groups excluding carboxylic acids is 1. The molecule has 68 valence electrons. The molecule has 0 spiro atoms. The molecule has 0 amide bonds. The first-order chi connectivity index (χ1) is 6.07. The van der Waals surface area contributed by atoms with E-state index in [0.717, 1.165) is 3.58 Å². The first kappa shape index (κ1) is 8.92. The molecule has 0 N–H and O–H groups in total. The Morgan fingerprint density at radius 3 is 2.85 bits per heavy atom. The molecule has 1 aliphatic heterocycles. The monoisotopic (exact) mass is 296 g/mol. The van der Waals surface area contributed by atoms with Crippen molar-refractivity contribution in [1.82, 2.24) is 0 Å². The largest absolute Gasteiger partial charge is 0.995 e. The summed E-state index contributed by atoms with van der Waals surface area (Å²) in [5.41, 5.74) is 0. The van der Waals surface area contributed by atoms with Crippen LogP contribution in [0, 0.1) is 0 Å². The van der Waals surface area contributed by atoms with Gasteiger partial charge < -0.3 is 17.6 Å². The zero-order valence-electron chi connectivity index (χ0n) is 6.34. The van der Waals surface area contributed by atoms with Crippen molar-refractivity contribution >= 4 is 35.5 Å². The van der Waals surface area contributed by atoms with E-state index in [1.54, 1.807) is 12.2 Å². The predicted octanol–water partition coefficient (Wildman–Crippen LogP) is 2.27. The summed E-state index contributed by atoms with van der Waals surface area (Å²) in [6.45, 7) is 0. The highest BCUT2D eigenvalue weighted by molar-refractivity contribution is 14.1. The van der Waals surface area contributed by atoms with Gasteiger partial charge in [0.2, 0.25) is 0 Å². The Balaban J connectivity index is 2.41. The Hall–Kier alpha value is -0.655. The molecule has 0 atom stereocenters. The van der Waals surface area contributed by atoms with Crippen molar-refractivity contribution in [3.8, 4) is 0 Å². The van der Waals surface area contributed by atoms with Gasteiger partial charge in [-0.2, -0.15) is 0 Å². The molecule has 0 unspecified atom stereocenters. The Labute approximate surface area is 86.9 Å². The number of hydrogen-bond donors (Lipinski definition) is 0. The Kier molecular flexibility index (Phi) is 2.01. The number of halogens is 3. The summed E-state index contributed by atoms with van der Waals surface area (Å²) in [4.78, 5) is 0. The van der Waals surface area contributed by atoms with Crippen LogP contribution >= 0.6 is 22.6 Å². The van der Waals surface area contributed by atoms with Crippen LogP contribution in [0.25, 0.3) is 0 Å². The lowest BCUT2D eigenvalue weighted by Crippen LogP contribution is -2.22. The highest BCUT2D eigenvalue weighted by Gasteiger charge is 2.56. The third kappa shape index (κ3) is 1.82. The summed E-state index contributed by atoms with van der Waals surface area (Å²) >= 11 is 2.07. The molecule has 0 bridgehead atoms. The lowest BCUT2D eigenvalue weighted by molar-refractivity contribution is -0.346. The van der Waals surface area contributed by atoms with Crippen molar-refractivity contribution in [1.29, 1.82) is 0 Å². The first-order valence-corrected chi connectivity index (χ1v) is 4.66. The molecule has 2 aliphatic rings. The standard InChI is InChI=1S/C7H4BF2IO2/c9-8(10)12-6-3-1-5(11)2-4-7(6)13-8/h1-4H. The Morgan fingerprint density at radius 2 is 2.08 bits per heavy atom. The topological polar surface area (TPSA) is 20.5 Å². The zero-order chi connectivity index (χ0) is 9.47. The van der Waals surface area contributed by atoms with Crippen molar-refractivity contribution in [3.63, 3.8) is 0 Å².